The van der Waals surface area contributed by atoms with Crippen LogP contribution >= 0.6 is 0 Å². The minimum Gasteiger partial charge on any atom is -0.466 e. The maximum absolute atomic E-state index is 11.6. The maximum atomic E-state index is 11.6. The number of cyclic esters (lactones) is 1. The van der Waals surface area contributed by atoms with Crippen LogP contribution in [0.5, 0.6) is 0 Å². The van der Waals surface area contributed by atoms with Crippen LogP contribution in [0.15, 0.2) is 0 Å². The molecule has 1 saturated heterocycles. The van der Waals surface area contributed by atoms with Gasteiger partial charge in [0, 0.05) is 6.42 Å². The van der Waals surface area contributed by atoms with E-state index in [0.717, 1.165) is 18.8 Å². The Kier molecular flexibility index (Phi) is 6.17. The number of ether oxygens (including phenoxy) is 1. The lowest BCUT2D eigenvalue weighted by Gasteiger charge is -2.31. The first-order chi connectivity index (χ1) is 8.41. The van der Waals surface area contributed by atoms with Gasteiger partial charge in [-0.1, -0.05) is 34.6 Å². The summed E-state index contributed by atoms with van der Waals surface area (Å²) in [5, 5.41) is 0. The number of rotatable bonds is 0. The van der Waals surface area contributed by atoms with Crippen molar-refractivity contribution in [1.29, 1.82) is 0 Å². The van der Waals surface area contributed by atoms with Gasteiger partial charge in [-0.3, -0.25) is 4.79 Å². The Balaban J connectivity index is 2.67. The van der Waals surface area contributed by atoms with Crippen LogP contribution in [0.3, 0.4) is 0 Å². The van der Waals surface area contributed by atoms with Crippen LogP contribution in [0, 0.1) is 29.6 Å². The van der Waals surface area contributed by atoms with E-state index in [1.54, 1.807) is 0 Å². The van der Waals surface area contributed by atoms with Crippen LogP contribution in [0.1, 0.15) is 60.3 Å². The smallest absolute Gasteiger partial charge is 0.305 e. The lowest BCUT2D eigenvalue weighted by atomic mass is 9.76. The first kappa shape index (κ1) is 15.5. The molecular formula is C16H30O2. The number of carbonyl (C=O) groups is 1. The van der Waals surface area contributed by atoms with E-state index >= 15 is 0 Å². The normalized spacial score (nSPS) is 40.5. The highest BCUT2D eigenvalue weighted by Crippen LogP contribution is 2.32. The molecule has 106 valence electrons. The second-order valence-corrected chi connectivity index (χ2v) is 6.55. The molecule has 0 spiro atoms. The standard InChI is InChI=1S/C16H30O2/c1-11-8-9-18-16(17)7-6-12(2)15(5)14(4)10-13(11)3/h11-15H,6-10H2,1-5H3. The van der Waals surface area contributed by atoms with Crippen molar-refractivity contribution in [3.63, 3.8) is 0 Å². The molecular weight excluding hydrogens is 224 g/mol. The Morgan fingerprint density at radius 3 is 2.22 bits per heavy atom. The molecule has 0 bridgehead atoms. The lowest BCUT2D eigenvalue weighted by Crippen LogP contribution is -2.23. The first-order valence-corrected chi connectivity index (χ1v) is 7.57. The van der Waals surface area contributed by atoms with Gasteiger partial charge >= 0.3 is 5.97 Å². The molecule has 5 unspecified atom stereocenters. The maximum Gasteiger partial charge on any atom is 0.305 e. The highest BCUT2D eigenvalue weighted by molar-refractivity contribution is 5.69. The summed E-state index contributed by atoms with van der Waals surface area (Å²) in [5.74, 6) is 3.38. The molecule has 18 heavy (non-hydrogen) atoms. The van der Waals surface area contributed by atoms with Crippen LogP contribution in [-0.2, 0) is 9.53 Å². The molecule has 1 heterocycles. The minimum atomic E-state index is -0.0119. The highest BCUT2D eigenvalue weighted by atomic mass is 16.5. The molecule has 0 saturated carbocycles. The van der Waals surface area contributed by atoms with E-state index in [1.165, 1.54) is 6.42 Å². The number of hydrogen-bond acceptors (Lipinski definition) is 2. The highest BCUT2D eigenvalue weighted by Gasteiger charge is 2.24. The van der Waals surface area contributed by atoms with Crippen molar-refractivity contribution in [2.75, 3.05) is 6.61 Å². The fourth-order valence-corrected chi connectivity index (χ4v) is 2.92. The Morgan fingerprint density at radius 2 is 1.56 bits per heavy atom. The molecule has 0 aliphatic carbocycles. The summed E-state index contributed by atoms with van der Waals surface area (Å²) in [4.78, 5) is 11.6. The summed E-state index contributed by atoms with van der Waals surface area (Å²) in [6, 6.07) is 0. The molecule has 2 nitrogen and oxygen atoms in total. The van der Waals surface area contributed by atoms with E-state index in [0.29, 0.717) is 36.7 Å². The van der Waals surface area contributed by atoms with Crippen molar-refractivity contribution in [2.45, 2.75) is 60.3 Å². The van der Waals surface area contributed by atoms with Crippen molar-refractivity contribution in [3.05, 3.63) is 0 Å². The molecule has 0 N–H and O–H groups in total. The van der Waals surface area contributed by atoms with E-state index < -0.39 is 0 Å². The number of esters is 1. The number of carbonyl (C=O) groups excluding carboxylic acids is 1. The Labute approximate surface area is 112 Å². The number of hydrogen-bond donors (Lipinski definition) is 0. The molecule has 0 aromatic heterocycles. The Hall–Kier alpha value is -0.530. The molecule has 0 aromatic rings. The van der Waals surface area contributed by atoms with Gasteiger partial charge in [-0.05, 0) is 48.9 Å². The third-order valence-corrected chi connectivity index (χ3v) is 5.15. The monoisotopic (exact) mass is 254 g/mol. The van der Waals surface area contributed by atoms with Gasteiger partial charge in [0.2, 0.25) is 0 Å². The van der Waals surface area contributed by atoms with Crippen molar-refractivity contribution in [1.82, 2.24) is 0 Å². The van der Waals surface area contributed by atoms with Gasteiger partial charge in [0.15, 0.2) is 0 Å². The largest absolute Gasteiger partial charge is 0.466 e. The summed E-state index contributed by atoms with van der Waals surface area (Å²) in [6.45, 7) is 12.2. The summed E-state index contributed by atoms with van der Waals surface area (Å²) in [5.41, 5.74) is 0. The van der Waals surface area contributed by atoms with Crippen LogP contribution in [0.4, 0.5) is 0 Å². The molecule has 0 amide bonds. The molecule has 1 fully saturated rings. The van der Waals surface area contributed by atoms with Crippen LogP contribution in [0.25, 0.3) is 0 Å². The predicted molar refractivity (Wildman–Crippen MR) is 75.2 cm³/mol. The zero-order valence-corrected chi connectivity index (χ0v) is 12.7. The first-order valence-electron chi connectivity index (χ1n) is 7.57. The Morgan fingerprint density at radius 1 is 0.889 bits per heavy atom. The molecule has 1 aliphatic rings. The third kappa shape index (κ3) is 4.62. The average molecular weight is 254 g/mol. The topological polar surface area (TPSA) is 26.3 Å². The third-order valence-electron chi connectivity index (χ3n) is 5.15. The summed E-state index contributed by atoms with van der Waals surface area (Å²) < 4.78 is 5.30. The van der Waals surface area contributed by atoms with Gasteiger partial charge in [0.05, 0.1) is 6.61 Å². The Bertz CT molecular complexity index is 262. The van der Waals surface area contributed by atoms with Crippen molar-refractivity contribution >= 4 is 5.97 Å². The van der Waals surface area contributed by atoms with Gasteiger partial charge in [-0.25, -0.2) is 0 Å². The second-order valence-electron chi connectivity index (χ2n) is 6.55. The molecule has 0 radical (unpaired) electrons. The van der Waals surface area contributed by atoms with E-state index in [-0.39, 0.29) is 5.97 Å². The van der Waals surface area contributed by atoms with Gasteiger partial charge in [-0.2, -0.15) is 0 Å². The predicted octanol–water partition coefficient (Wildman–Crippen LogP) is 4.28. The molecule has 1 aliphatic heterocycles. The van der Waals surface area contributed by atoms with Crippen molar-refractivity contribution < 1.29 is 9.53 Å². The van der Waals surface area contributed by atoms with Gasteiger partial charge < -0.3 is 4.74 Å². The second kappa shape index (κ2) is 7.16. The summed E-state index contributed by atoms with van der Waals surface area (Å²) in [6.07, 6.45) is 3.85. The zero-order chi connectivity index (χ0) is 13.7. The summed E-state index contributed by atoms with van der Waals surface area (Å²) >= 11 is 0. The van der Waals surface area contributed by atoms with Gasteiger partial charge in [0.25, 0.3) is 0 Å². The quantitative estimate of drug-likeness (QED) is 0.603. The average Bonchev–Trinajstić information content (AvgIpc) is 2.33. The van der Waals surface area contributed by atoms with E-state index in [1.807, 2.05) is 0 Å². The van der Waals surface area contributed by atoms with Crippen molar-refractivity contribution in [2.24, 2.45) is 29.6 Å². The molecule has 1 rings (SSSR count). The van der Waals surface area contributed by atoms with Crippen LogP contribution < -0.4 is 0 Å². The molecule has 2 heteroatoms. The van der Waals surface area contributed by atoms with E-state index in [4.69, 9.17) is 4.74 Å². The van der Waals surface area contributed by atoms with Crippen LogP contribution in [-0.4, -0.2) is 12.6 Å². The molecule has 5 atom stereocenters. The summed E-state index contributed by atoms with van der Waals surface area (Å²) in [7, 11) is 0. The minimum absolute atomic E-state index is 0.0119. The van der Waals surface area contributed by atoms with Gasteiger partial charge in [0.1, 0.15) is 0 Å². The SMILES string of the molecule is CC1CCOC(=O)CCC(C)C(C)C(C)CC1C. The zero-order valence-electron chi connectivity index (χ0n) is 12.7. The fraction of sp³-hybridized carbons (Fsp3) is 0.938. The van der Waals surface area contributed by atoms with E-state index in [2.05, 4.69) is 34.6 Å². The van der Waals surface area contributed by atoms with E-state index in [9.17, 15) is 4.79 Å². The lowest BCUT2D eigenvalue weighted by molar-refractivity contribution is -0.144. The van der Waals surface area contributed by atoms with Crippen molar-refractivity contribution in [3.8, 4) is 0 Å². The van der Waals surface area contributed by atoms with Crippen LogP contribution in [0.2, 0.25) is 0 Å². The fourth-order valence-electron chi connectivity index (χ4n) is 2.92. The molecule has 0 aromatic carbocycles. The van der Waals surface area contributed by atoms with Gasteiger partial charge in [-0.15, -0.1) is 0 Å².